The van der Waals surface area contributed by atoms with Gasteiger partial charge in [-0.25, -0.2) is 0 Å². The van der Waals surface area contributed by atoms with Crippen LogP contribution in [0.5, 0.6) is 0 Å². The predicted molar refractivity (Wildman–Crippen MR) is 49.7 cm³/mol. The molecular weight excluding hydrogens is 191 g/mol. The number of rotatable bonds is 4. The number of hydrogen-bond acceptors (Lipinski definition) is 1. The van der Waals surface area contributed by atoms with Crippen LogP contribution in [0.25, 0.3) is 0 Å². The van der Waals surface area contributed by atoms with Crippen LogP contribution in [-0.4, -0.2) is 12.7 Å². The average Bonchev–Trinajstić information content (AvgIpc) is 1.94. The van der Waals surface area contributed by atoms with Crippen LogP contribution in [-0.2, 0) is 0 Å². The summed E-state index contributed by atoms with van der Waals surface area (Å²) in [5.41, 5.74) is 0.771. The minimum Gasteiger partial charge on any atom is -0.388 e. The maximum Gasteiger partial charge on any atom is 0.393 e. The van der Waals surface area contributed by atoms with Crippen molar-refractivity contribution in [3.8, 4) is 0 Å². The summed E-state index contributed by atoms with van der Waals surface area (Å²) >= 11 is 0. The first-order valence-corrected chi connectivity index (χ1v) is 4.90. The van der Waals surface area contributed by atoms with E-state index in [9.17, 15) is 13.2 Å². The van der Waals surface area contributed by atoms with E-state index in [4.69, 9.17) is 0 Å². The molecule has 0 aromatic heterocycles. The third-order valence-electron chi connectivity index (χ3n) is 2.79. The van der Waals surface area contributed by atoms with Crippen LogP contribution < -0.4 is 5.32 Å². The lowest BCUT2D eigenvalue weighted by Gasteiger charge is -2.29. The summed E-state index contributed by atoms with van der Waals surface area (Å²) < 4.78 is 36.4. The molecular formula is C10H16F3N. The van der Waals surface area contributed by atoms with E-state index in [-0.39, 0.29) is 6.54 Å². The zero-order valence-corrected chi connectivity index (χ0v) is 8.32. The van der Waals surface area contributed by atoms with Crippen LogP contribution in [0.3, 0.4) is 0 Å². The molecule has 0 radical (unpaired) electrons. The molecule has 1 rings (SSSR count). The van der Waals surface area contributed by atoms with E-state index in [1.165, 1.54) is 13.3 Å². The van der Waals surface area contributed by atoms with E-state index in [1.807, 2.05) is 0 Å². The van der Waals surface area contributed by atoms with Gasteiger partial charge in [-0.2, -0.15) is 13.2 Å². The normalized spacial score (nSPS) is 20.0. The Morgan fingerprint density at radius 2 is 2.07 bits per heavy atom. The van der Waals surface area contributed by atoms with Gasteiger partial charge in [0, 0.05) is 12.2 Å². The zero-order valence-electron chi connectivity index (χ0n) is 8.32. The SMILES string of the molecule is C=C(NCC(C)C(F)(F)F)C1CCC1. The van der Waals surface area contributed by atoms with Crippen molar-refractivity contribution in [2.24, 2.45) is 11.8 Å². The van der Waals surface area contributed by atoms with Gasteiger partial charge < -0.3 is 5.32 Å². The standard InChI is InChI=1S/C10H16F3N/c1-7(10(11,12)13)6-14-8(2)9-4-3-5-9/h7,9,14H,2-6H2,1H3. The molecule has 0 amide bonds. The summed E-state index contributed by atoms with van der Waals surface area (Å²) in [6.45, 7) is 4.88. The summed E-state index contributed by atoms with van der Waals surface area (Å²) in [4.78, 5) is 0. The molecule has 0 aliphatic heterocycles. The van der Waals surface area contributed by atoms with Crippen molar-refractivity contribution in [1.29, 1.82) is 0 Å². The Morgan fingerprint density at radius 1 is 1.50 bits per heavy atom. The summed E-state index contributed by atoms with van der Waals surface area (Å²) in [6.07, 6.45) is -0.814. The number of hydrogen-bond donors (Lipinski definition) is 1. The molecule has 0 saturated heterocycles. The summed E-state index contributed by atoms with van der Waals surface area (Å²) in [5, 5.41) is 2.78. The molecule has 0 aromatic rings. The highest BCUT2D eigenvalue weighted by Crippen LogP contribution is 2.31. The third kappa shape index (κ3) is 2.93. The highest BCUT2D eigenvalue weighted by atomic mass is 19.4. The molecule has 0 heterocycles. The van der Waals surface area contributed by atoms with Crippen molar-refractivity contribution in [2.75, 3.05) is 6.54 Å². The maximum atomic E-state index is 12.1. The second kappa shape index (κ2) is 4.24. The first kappa shape index (κ1) is 11.4. The minimum absolute atomic E-state index is 0.0567. The van der Waals surface area contributed by atoms with Gasteiger partial charge in [0.05, 0.1) is 5.92 Å². The van der Waals surface area contributed by atoms with Gasteiger partial charge >= 0.3 is 6.18 Å². The molecule has 1 aliphatic carbocycles. The molecule has 0 spiro atoms. The van der Waals surface area contributed by atoms with E-state index in [0.29, 0.717) is 5.92 Å². The van der Waals surface area contributed by atoms with Gasteiger partial charge in [0.2, 0.25) is 0 Å². The number of allylic oxidation sites excluding steroid dienone is 1. The quantitative estimate of drug-likeness (QED) is 0.747. The lowest BCUT2D eigenvalue weighted by Crippen LogP contribution is -2.33. The molecule has 1 fully saturated rings. The van der Waals surface area contributed by atoms with Gasteiger partial charge in [-0.1, -0.05) is 19.9 Å². The Hall–Kier alpha value is -0.670. The molecule has 1 aliphatic rings. The highest BCUT2D eigenvalue weighted by Gasteiger charge is 2.35. The average molecular weight is 207 g/mol. The fourth-order valence-corrected chi connectivity index (χ4v) is 1.30. The minimum atomic E-state index is -4.10. The van der Waals surface area contributed by atoms with Crippen LogP contribution in [0.1, 0.15) is 26.2 Å². The van der Waals surface area contributed by atoms with E-state index < -0.39 is 12.1 Å². The Labute approximate surface area is 82.4 Å². The number of halogens is 3. The van der Waals surface area contributed by atoms with Crippen molar-refractivity contribution in [3.05, 3.63) is 12.3 Å². The van der Waals surface area contributed by atoms with E-state index in [1.54, 1.807) is 0 Å². The molecule has 82 valence electrons. The summed E-state index contributed by atoms with van der Waals surface area (Å²) in [7, 11) is 0. The second-order valence-electron chi connectivity index (χ2n) is 3.98. The van der Waals surface area contributed by atoms with E-state index in [2.05, 4.69) is 11.9 Å². The van der Waals surface area contributed by atoms with Gasteiger partial charge in [-0.05, 0) is 18.8 Å². The van der Waals surface area contributed by atoms with Crippen molar-refractivity contribution < 1.29 is 13.2 Å². The predicted octanol–water partition coefficient (Wildman–Crippen LogP) is 3.09. The molecule has 1 unspecified atom stereocenters. The molecule has 1 atom stereocenters. The highest BCUT2D eigenvalue weighted by molar-refractivity contribution is 5.02. The molecule has 0 aromatic carbocycles. The molecule has 14 heavy (non-hydrogen) atoms. The first-order chi connectivity index (χ1) is 6.41. The number of nitrogens with one attached hydrogen (secondary N) is 1. The Balaban J connectivity index is 2.22. The maximum absolute atomic E-state index is 12.1. The van der Waals surface area contributed by atoms with Crippen LogP contribution >= 0.6 is 0 Å². The van der Waals surface area contributed by atoms with Crippen LogP contribution in [0.4, 0.5) is 13.2 Å². The Morgan fingerprint density at radius 3 is 2.43 bits per heavy atom. The van der Waals surface area contributed by atoms with Gasteiger partial charge in [0.25, 0.3) is 0 Å². The Kier molecular flexibility index (Phi) is 3.45. The molecule has 1 N–H and O–H groups in total. The van der Waals surface area contributed by atoms with Gasteiger partial charge in [0.1, 0.15) is 0 Å². The van der Waals surface area contributed by atoms with Crippen LogP contribution in [0.15, 0.2) is 12.3 Å². The molecule has 0 bridgehead atoms. The Bertz CT molecular complexity index is 206. The van der Waals surface area contributed by atoms with Gasteiger partial charge in [-0.15, -0.1) is 0 Å². The van der Waals surface area contributed by atoms with Crippen molar-refractivity contribution in [3.63, 3.8) is 0 Å². The largest absolute Gasteiger partial charge is 0.393 e. The van der Waals surface area contributed by atoms with Gasteiger partial charge in [0.15, 0.2) is 0 Å². The van der Waals surface area contributed by atoms with Crippen molar-refractivity contribution in [2.45, 2.75) is 32.4 Å². The number of alkyl halides is 3. The first-order valence-electron chi connectivity index (χ1n) is 4.90. The molecule has 4 heteroatoms. The lowest BCUT2D eigenvalue weighted by molar-refractivity contribution is -0.167. The second-order valence-corrected chi connectivity index (χ2v) is 3.98. The van der Waals surface area contributed by atoms with Crippen molar-refractivity contribution >= 4 is 0 Å². The van der Waals surface area contributed by atoms with E-state index >= 15 is 0 Å². The van der Waals surface area contributed by atoms with E-state index in [0.717, 1.165) is 18.5 Å². The fourth-order valence-electron chi connectivity index (χ4n) is 1.30. The zero-order chi connectivity index (χ0) is 10.8. The fraction of sp³-hybridized carbons (Fsp3) is 0.800. The summed E-state index contributed by atoms with van der Waals surface area (Å²) in [5.74, 6) is -0.908. The van der Waals surface area contributed by atoms with Crippen LogP contribution in [0, 0.1) is 11.8 Å². The topological polar surface area (TPSA) is 12.0 Å². The van der Waals surface area contributed by atoms with Crippen molar-refractivity contribution in [1.82, 2.24) is 5.32 Å². The third-order valence-corrected chi connectivity index (χ3v) is 2.79. The summed E-state index contributed by atoms with van der Waals surface area (Å²) in [6, 6.07) is 0. The lowest BCUT2D eigenvalue weighted by atomic mass is 9.83. The molecule has 1 saturated carbocycles. The van der Waals surface area contributed by atoms with Crippen LogP contribution in [0.2, 0.25) is 0 Å². The van der Waals surface area contributed by atoms with Gasteiger partial charge in [-0.3, -0.25) is 0 Å². The molecule has 1 nitrogen and oxygen atoms in total. The monoisotopic (exact) mass is 207 g/mol. The smallest absolute Gasteiger partial charge is 0.388 e.